The van der Waals surface area contributed by atoms with Gasteiger partial charge in [-0.3, -0.25) is 4.99 Å². The Morgan fingerprint density at radius 2 is 1.30 bits per heavy atom. The fourth-order valence-electron chi connectivity index (χ4n) is 3.23. The highest BCUT2D eigenvalue weighted by molar-refractivity contribution is 5.81. The monoisotopic (exact) mass is 396 g/mol. The molecule has 0 aliphatic carbocycles. The van der Waals surface area contributed by atoms with Crippen LogP contribution in [-0.2, 0) is 0 Å². The number of aliphatic imine (C=N–C) groups is 1. The van der Waals surface area contributed by atoms with E-state index in [0.29, 0.717) is 0 Å². The van der Waals surface area contributed by atoms with E-state index in [1.54, 1.807) is 7.11 Å². The molecular weight excluding hydrogens is 372 g/mol. The molecule has 0 radical (unpaired) electrons. The first-order chi connectivity index (χ1) is 14.6. The quantitative estimate of drug-likeness (QED) is 0.342. The number of ether oxygens (including phenoxy) is 2. The van der Waals surface area contributed by atoms with E-state index >= 15 is 0 Å². The fraction of sp³-hybridized carbons (Fsp3) is 0.115. The molecule has 0 aliphatic heterocycles. The minimum Gasteiger partial charge on any atom is -0.497 e. The van der Waals surface area contributed by atoms with Gasteiger partial charge in [-0.05, 0) is 86.6 Å². The van der Waals surface area contributed by atoms with Crippen molar-refractivity contribution >= 4 is 11.9 Å². The molecule has 0 spiro atoms. The largest absolute Gasteiger partial charge is 0.497 e. The van der Waals surface area contributed by atoms with Crippen LogP contribution in [0.2, 0.25) is 0 Å². The number of hydrogen-bond acceptors (Lipinski definition) is 3. The summed E-state index contributed by atoms with van der Waals surface area (Å²) >= 11 is 0. The molecule has 0 saturated heterocycles. The highest BCUT2D eigenvalue weighted by atomic mass is 16.5. The van der Waals surface area contributed by atoms with Crippen LogP contribution in [0.3, 0.4) is 0 Å². The molecular formula is C26H24N2O2. The van der Waals surface area contributed by atoms with Crippen molar-refractivity contribution in [2.75, 3.05) is 7.11 Å². The lowest BCUT2D eigenvalue weighted by Gasteiger charge is -2.10. The second-order valence-electron chi connectivity index (χ2n) is 7.10. The van der Waals surface area contributed by atoms with E-state index < -0.39 is 0 Å². The Balaban J connectivity index is 1.50. The predicted octanol–water partition coefficient (Wildman–Crippen LogP) is 6.65. The van der Waals surface area contributed by atoms with Gasteiger partial charge in [-0.15, -0.1) is 0 Å². The molecule has 0 amide bonds. The predicted molar refractivity (Wildman–Crippen MR) is 122 cm³/mol. The Hall–Kier alpha value is -3.79. The summed E-state index contributed by atoms with van der Waals surface area (Å²) in [5.41, 5.74) is 5.30. The van der Waals surface area contributed by atoms with Crippen LogP contribution in [0.1, 0.15) is 17.0 Å². The lowest BCUT2D eigenvalue weighted by molar-refractivity contribution is 0.414. The van der Waals surface area contributed by atoms with Crippen molar-refractivity contribution in [3.05, 3.63) is 102 Å². The van der Waals surface area contributed by atoms with Gasteiger partial charge < -0.3 is 14.0 Å². The number of nitrogens with zero attached hydrogens (tertiary/aromatic N) is 2. The van der Waals surface area contributed by atoms with Crippen LogP contribution in [-0.4, -0.2) is 17.9 Å². The maximum Gasteiger partial charge on any atom is 0.127 e. The van der Waals surface area contributed by atoms with Gasteiger partial charge in [-0.1, -0.05) is 17.7 Å². The average Bonchev–Trinajstić information content (AvgIpc) is 3.15. The van der Waals surface area contributed by atoms with Crippen LogP contribution >= 0.6 is 0 Å². The Labute approximate surface area is 177 Å². The summed E-state index contributed by atoms with van der Waals surface area (Å²) in [6.45, 7) is 4.14. The van der Waals surface area contributed by atoms with Crippen LogP contribution in [0.25, 0.3) is 5.69 Å². The van der Waals surface area contributed by atoms with Crippen molar-refractivity contribution in [3.63, 3.8) is 0 Å². The third kappa shape index (κ3) is 4.44. The summed E-state index contributed by atoms with van der Waals surface area (Å²) in [6.07, 6.45) is 1.88. The number of benzene rings is 3. The molecule has 0 unspecified atom stereocenters. The van der Waals surface area contributed by atoms with E-state index in [1.165, 1.54) is 5.56 Å². The number of aryl methyl sites for hydroxylation is 2. The average molecular weight is 396 g/mol. The van der Waals surface area contributed by atoms with E-state index in [9.17, 15) is 0 Å². The van der Waals surface area contributed by atoms with Gasteiger partial charge >= 0.3 is 0 Å². The molecule has 150 valence electrons. The molecule has 4 heteroatoms. The summed E-state index contributed by atoms with van der Waals surface area (Å²) in [6, 6.07) is 27.9. The van der Waals surface area contributed by atoms with Gasteiger partial charge in [0.15, 0.2) is 0 Å². The van der Waals surface area contributed by atoms with E-state index in [4.69, 9.17) is 9.47 Å². The molecule has 0 aliphatic rings. The maximum absolute atomic E-state index is 5.88. The van der Waals surface area contributed by atoms with Gasteiger partial charge in [0.2, 0.25) is 0 Å². The second-order valence-corrected chi connectivity index (χ2v) is 7.10. The fourth-order valence-corrected chi connectivity index (χ4v) is 3.23. The first kappa shape index (κ1) is 19.5. The molecule has 0 fully saturated rings. The van der Waals surface area contributed by atoms with Gasteiger partial charge in [0.05, 0.1) is 24.7 Å². The highest BCUT2D eigenvalue weighted by Crippen LogP contribution is 2.25. The molecule has 0 atom stereocenters. The van der Waals surface area contributed by atoms with E-state index in [2.05, 4.69) is 35.5 Å². The summed E-state index contributed by atoms with van der Waals surface area (Å²) < 4.78 is 13.3. The van der Waals surface area contributed by atoms with Crippen LogP contribution in [0.15, 0.2) is 89.9 Å². The number of rotatable bonds is 6. The number of hydrogen-bond donors (Lipinski definition) is 0. The van der Waals surface area contributed by atoms with Gasteiger partial charge in [-0.2, -0.15) is 0 Å². The summed E-state index contributed by atoms with van der Waals surface area (Å²) in [4.78, 5) is 4.64. The van der Waals surface area contributed by atoms with Crippen molar-refractivity contribution < 1.29 is 9.47 Å². The molecule has 4 nitrogen and oxygen atoms in total. The van der Waals surface area contributed by atoms with E-state index in [0.717, 1.165) is 40.0 Å². The van der Waals surface area contributed by atoms with Crippen molar-refractivity contribution in [1.82, 2.24) is 4.57 Å². The van der Waals surface area contributed by atoms with Crippen LogP contribution in [0.5, 0.6) is 17.2 Å². The Bertz CT molecular complexity index is 1140. The summed E-state index contributed by atoms with van der Waals surface area (Å²) in [5.74, 6) is 2.45. The van der Waals surface area contributed by atoms with Gasteiger partial charge in [-0.25, -0.2) is 0 Å². The molecule has 4 rings (SSSR count). The van der Waals surface area contributed by atoms with Crippen molar-refractivity contribution in [1.29, 1.82) is 0 Å². The smallest absolute Gasteiger partial charge is 0.127 e. The van der Waals surface area contributed by atoms with Crippen LogP contribution in [0.4, 0.5) is 5.69 Å². The SMILES string of the molecule is COc1ccc(-n2c(C)ccc2C=Nc2ccc(Oc3ccc(C)cc3)cc2)cc1. The van der Waals surface area contributed by atoms with Crippen molar-refractivity contribution in [2.45, 2.75) is 13.8 Å². The second kappa shape index (κ2) is 8.70. The first-order valence-corrected chi connectivity index (χ1v) is 9.84. The normalized spacial score (nSPS) is 11.0. The van der Waals surface area contributed by atoms with Crippen molar-refractivity contribution in [2.24, 2.45) is 4.99 Å². The molecule has 4 aromatic rings. The summed E-state index contributed by atoms with van der Waals surface area (Å²) in [5, 5.41) is 0. The van der Waals surface area contributed by atoms with Gasteiger partial charge in [0.25, 0.3) is 0 Å². The minimum absolute atomic E-state index is 0.787. The molecule has 1 heterocycles. The molecule has 30 heavy (non-hydrogen) atoms. The molecule has 0 saturated carbocycles. The molecule has 0 N–H and O–H groups in total. The lowest BCUT2D eigenvalue weighted by Crippen LogP contribution is -2.01. The van der Waals surface area contributed by atoms with Crippen LogP contribution in [0, 0.1) is 13.8 Å². The van der Waals surface area contributed by atoms with Crippen LogP contribution < -0.4 is 9.47 Å². The Kier molecular flexibility index (Phi) is 5.66. The molecule has 0 bridgehead atoms. The minimum atomic E-state index is 0.787. The standard InChI is InChI=1S/C26H24N2O2/c1-19-4-12-25(13-5-19)30-26-14-7-21(8-15-26)27-18-23-9-6-20(2)28(23)22-10-16-24(29-3)17-11-22/h4-18H,1-3H3. The zero-order chi connectivity index (χ0) is 20.9. The maximum atomic E-state index is 5.88. The Morgan fingerprint density at radius 1 is 0.700 bits per heavy atom. The zero-order valence-corrected chi connectivity index (χ0v) is 17.4. The van der Waals surface area contributed by atoms with E-state index in [1.807, 2.05) is 79.0 Å². The molecule has 1 aromatic heterocycles. The Morgan fingerprint density at radius 3 is 1.93 bits per heavy atom. The highest BCUT2D eigenvalue weighted by Gasteiger charge is 2.06. The first-order valence-electron chi connectivity index (χ1n) is 9.84. The molecule has 3 aromatic carbocycles. The van der Waals surface area contributed by atoms with Gasteiger partial charge in [0.1, 0.15) is 17.2 Å². The summed E-state index contributed by atoms with van der Waals surface area (Å²) in [7, 11) is 1.67. The zero-order valence-electron chi connectivity index (χ0n) is 17.4. The third-order valence-corrected chi connectivity index (χ3v) is 4.88. The van der Waals surface area contributed by atoms with Crippen molar-refractivity contribution in [3.8, 4) is 22.9 Å². The number of methoxy groups -OCH3 is 1. The number of aromatic nitrogens is 1. The topological polar surface area (TPSA) is 35.8 Å². The lowest BCUT2D eigenvalue weighted by atomic mass is 10.2. The van der Waals surface area contributed by atoms with E-state index in [-0.39, 0.29) is 0 Å². The third-order valence-electron chi connectivity index (χ3n) is 4.88. The van der Waals surface area contributed by atoms with Gasteiger partial charge in [0, 0.05) is 11.4 Å².